The Morgan fingerprint density at radius 3 is 2.37 bits per heavy atom. The Kier molecular flexibility index (Phi) is 7.18. The van der Waals surface area contributed by atoms with Gasteiger partial charge in [-0.25, -0.2) is 4.79 Å². The number of aliphatic carboxylic acids is 1. The van der Waals surface area contributed by atoms with Gasteiger partial charge in [0, 0.05) is 29.7 Å². The molecule has 3 saturated carbocycles. The summed E-state index contributed by atoms with van der Waals surface area (Å²) in [5, 5.41) is 21.8. The molecule has 9 atom stereocenters. The molecule has 0 bridgehead atoms. The molecule has 0 saturated heterocycles. The van der Waals surface area contributed by atoms with Crippen LogP contribution in [-0.2, 0) is 23.9 Å². The van der Waals surface area contributed by atoms with Crippen molar-refractivity contribution in [3.63, 3.8) is 0 Å². The van der Waals surface area contributed by atoms with E-state index in [4.69, 9.17) is 4.74 Å². The van der Waals surface area contributed by atoms with Crippen LogP contribution in [0.3, 0.4) is 0 Å². The molecule has 0 unspecified atom stereocenters. The molecule has 4 rings (SSSR count). The minimum absolute atomic E-state index is 0.0775. The van der Waals surface area contributed by atoms with E-state index in [2.05, 4.69) is 6.92 Å². The lowest BCUT2D eigenvalue weighted by Crippen LogP contribution is -2.69. The number of carboxylic acids is 1. The van der Waals surface area contributed by atoms with E-state index in [1.807, 2.05) is 39.8 Å². The molecule has 4 aliphatic carbocycles. The van der Waals surface area contributed by atoms with Crippen molar-refractivity contribution in [1.29, 1.82) is 0 Å². The molecule has 3 fully saturated rings. The summed E-state index contributed by atoms with van der Waals surface area (Å²) in [5.41, 5.74) is -0.352. The summed E-state index contributed by atoms with van der Waals surface area (Å²) in [4.78, 5) is 51.6. The third-order valence-corrected chi connectivity index (χ3v) is 10.8. The number of ketones is 2. The van der Waals surface area contributed by atoms with Crippen LogP contribution in [-0.4, -0.2) is 45.9 Å². The summed E-state index contributed by atoms with van der Waals surface area (Å²) in [6.45, 7) is 13.0. The Bertz CT molecular complexity index is 1160. The van der Waals surface area contributed by atoms with Crippen LogP contribution in [0.1, 0.15) is 80.6 Å². The number of allylic oxidation sites excluding steroid dienone is 4. The van der Waals surface area contributed by atoms with E-state index >= 15 is 0 Å². The predicted octanol–water partition coefficient (Wildman–Crippen LogP) is 4.83. The second-order valence-electron chi connectivity index (χ2n) is 12.9. The lowest BCUT2D eigenvalue weighted by molar-refractivity contribution is -0.199. The fourth-order valence-electron chi connectivity index (χ4n) is 8.92. The highest BCUT2D eigenvalue weighted by molar-refractivity contribution is 5.97. The number of hydrogen-bond acceptors (Lipinski definition) is 6. The number of carbonyl (C=O) groups excluding carboxylic acids is 3. The molecule has 4 aliphatic rings. The normalized spacial score (nSPS) is 43.1. The molecule has 2 N–H and O–H groups in total. The van der Waals surface area contributed by atoms with Crippen LogP contribution in [0.4, 0.5) is 0 Å². The Balaban J connectivity index is 1.89. The summed E-state index contributed by atoms with van der Waals surface area (Å²) in [5.74, 6) is -3.29. The van der Waals surface area contributed by atoms with Crippen LogP contribution >= 0.6 is 0 Å². The van der Waals surface area contributed by atoms with Crippen LogP contribution < -0.4 is 0 Å². The average molecular weight is 527 g/mol. The molecule has 38 heavy (non-hydrogen) atoms. The minimum Gasteiger partial charge on any atom is -0.478 e. The summed E-state index contributed by atoms with van der Waals surface area (Å²) < 4.78 is 5.78. The minimum atomic E-state index is -1.31. The van der Waals surface area contributed by atoms with Gasteiger partial charge in [-0.1, -0.05) is 45.4 Å². The largest absolute Gasteiger partial charge is 0.478 e. The first-order valence-corrected chi connectivity index (χ1v) is 13.8. The molecule has 0 amide bonds. The van der Waals surface area contributed by atoms with Gasteiger partial charge in [0.05, 0.1) is 0 Å². The highest BCUT2D eigenvalue weighted by atomic mass is 16.5. The number of hydrogen-bond donors (Lipinski definition) is 2. The summed E-state index contributed by atoms with van der Waals surface area (Å²) in [6, 6.07) is 0. The number of carbonyl (C=O) groups is 4. The lowest BCUT2D eigenvalue weighted by Gasteiger charge is -2.65. The first-order valence-electron chi connectivity index (χ1n) is 13.8. The molecule has 0 aromatic carbocycles. The van der Waals surface area contributed by atoms with Crippen LogP contribution in [0.25, 0.3) is 0 Å². The zero-order valence-corrected chi connectivity index (χ0v) is 23.7. The van der Waals surface area contributed by atoms with E-state index in [1.54, 1.807) is 13.0 Å². The molecule has 0 aromatic rings. The van der Waals surface area contributed by atoms with Gasteiger partial charge in [-0.05, 0) is 80.3 Å². The van der Waals surface area contributed by atoms with E-state index in [9.17, 15) is 29.4 Å². The number of fused-ring (bicyclic) bond motifs is 5. The topological polar surface area (TPSA) is 118 Å². The first kappa shape index (κ1) is 28.5. The van der Waals surface area contributed by atoms with E-state index in [1.165, 1.54) is 6.92 Å². The zero-order valence-electron chi connectivity index (χ0n) is 23.7. The molecule has 0 aromatic heterocycles. The molecule has 0 heterocycles. The number of carboxylic acid groups (broad SMARTS) is 1. The number of ether oxygens (including phenoxy) is 1. The Morgan fingerprint density at radius 1 is 1.13 bits per heavy atom. The van der Waals surface area contributed by atoms with Gasteiger partial charge in [-0.3, -0.25) is 14.4 Å². The Labute approximate surface area is 225 Å². The monoisotopic (exact) mass is 526 g/mol. The average Bonchev–Trinajstić information content (AvgIpc) is 3.09. The zero-order chi connectivity index (χ0) is 28.4. The van der Waals surface area contributed by atoms with E-state index < -0.39 is 52.2 Å². The second kappa shape index (κ2) is 9.58. The SMILES string of the molecule is CC(=O)O[C@@H]1C[C@]2(C)[C@H](CC[C@@H]3[C@]4(C)C=CC(=O)[C@H](C)[C@H]4[C@@H](O)C(=O)[C@]32C)/C1=C(/CCC=C(C)C)C(=O)O. The number of aliphatic hydroxyl groups is 1. The van der Waals surface area contributed by atoms with Crippen molar-refractivity contribution in [2.75, 3.05) is 0 Å². The molecule has 7 nitrogen and oxygen atoms in total. The summed E-state index contributed by atoms with van der Waals surface area (Å²) in [7, 11) is 0. The van der Waals surface area contributed by atoms with Gasteiger partial charge < -0.3 is 14.9 Å². The maximum atomic E-state index is 14.2. The van der Waals surface area contributed by atoms with Crippen molar-refractivity contribution in [3.8, 4) is 0 Å². The highest BCUT2D eigenvalue weighted by Crippen LogP contribution is 2.72. The summed E-state index contributed by atoms with van der Waals surface area (Å²) in [6.07, 6.45) is 5.91. The van der Waals surface area contributed by atoms with Crippen molar-refractivity contribution in [3.05, 3.63) is 34.9 Å². The number of esters is 1. The third kappa shape index (κ3) is 3.95. The van der Waals surface area contributed by atoms with Gasteiger partial charge in [-0.2, -0.15) is 0 Å². The van der Waals surface area contributed by atoms with Crippen molar-refractivity contribution in [2.45, 2.75) is 92.8 Å². The maximum Gasteiger partial charge on any atom is 0.331 e. The van der Waals surface area contributed by atoms with Crippen LogP contribution in [0, 0.1) is 39.9 Å². The molecular formula is C31H42O7. The van der Waals surface area contributed by atoms with Crippen molar-refractivity contribution in [2.24, 2.45) is 39.9 Å². The van der Waals surface area contributed by atoms with Gasteiger partial charge in [0.15, 0.2) is 11.6 Å². The first-order chi connectivity index (χ1) is 17.6. The highest BCUT2D eigenvalue weighted by Gasteiger charge is 2.73. The predicted molar refractivity (Wildman–Crippen MR) is 142 cm³/mol. The quantitative estimate of drug-likeness (QED) is 0.299. The smallest absolute Gasteiger partial charge is 0.331 e. The van der Waals surface area contributed by atoms with Gasteiger partial charge in [0.1, 0.15) is 12.2 Å². The Hall–Kier alpha value is -2.54. The van der Waals surface area contributed by atoms with E-state index in [-0.39, 0.29) is 29.0 Å². The van der Waals surface area contributed by atoms with Crippen molar-refractivity contribution >= 4 is 23.5 Å². The fraction of sp³-hybridized carbons (Fsp3) is 0.677. The lowest BCUT2D eigenvalue weighted by atomic mass is 9.37. The van der Waals surface area contributed by atoms with Crippen LogP contribution in [0.5, 0.6) is 0 Å². The van der Waals surface area contributed by atoms with E-state index in [0.29, 0.717) is 37.7 Å². The van der Waals surface area contributed by atoms with Gasteiger partial charge >= 0.3 is 11.9 Å². The maximum absolute atomic E-state index is 14.2. The van der Waals surface area contributed by atoms with Crippen molar-refractivity contribution in [1.82, 2.24) is 0 Å². The molecule has 0 radical (unpaired) electrons. The molecule has 208 valence electrons. The fourth-order valence-corrected chi connectivity index (χ4v) is 8.92. The van der Waals surface area contributed by atoms with Gasteiger partial charge in [0.25, 0.3) is 0 Å². The van der Waals surface area contributed by atoms with E-state index in [0.717, 1.165) is 5.57 Å². The number of rotatable bonds is 5. The standard InChI is InChI=1S/C31H42O7/c1-16(2)9-8-10-19(28(36)37)24-20-11-12-23-29(5)14-13-21(33)17(3)25(29)26(34)27(35)31(23,7)30(20,6)15-22(24)38-18(4)32/h9,13-14,17,20,22-23,25-26,34H,8,10-12,15H2,1-7H3,(H,36,37)/b24-19+/t17-,20+,22+,23+,25-,26+,29-,30+,31-/m0/s1. The van der Waals surface area contributed by atoms with Crippen LogP contribution in [0.2, 0.25) is 0 Å². The van der Waals surface area contributed by atoms with Gasteiger partial charge in [-0.15, -0.1) is 0 Å². The molecular weight excluding hydrogens is 484 g/mol. The Morgan fingerprint density at radius 2 is 1.79 bits per heavy atom. The van der Waals surface area contributed by atoms with Gasteiger partial charge in [0.2, 0.25) is 0 Å². The molecule has 0 spiro atoms. The molecule has 7 heteroatoms. The number of aliphatic hydroxyl groups excluding tert-OH is 1. The van der Waals surface area contributed by atoms with Crippen molar-refractivity contribution < 1.29 is 34.1 Å². The van der Waals surface area contributed by atoms with Crippen LogP contribution in [0.15, 0.2) is 34.9 Å². The molecule has 0 aliphatic heterocycles. The third-order valence-electron chi connectivity index (χ3n) is 10.8. The summed E-state index contributed by atoms with van der Waals surface area (Å²) >= 11 is 0. The number of Topliss-reactive ketones (excluding diaryl/α,β-unsaturated/α-hetero) is 1. The second-order valence-corrected chi connectivity index (χ2v) is 12.9.